The zero-order chi connectivity index (χ0) is 20.1. The van der Waals surface area contributed by atoms with E-state index >= 15 is 0 Å². The van der Waals surface area contributed by atoms with E-state index in [9.17, 15) is 15.0 Å². The number of nitrogens with zero attached hydrogens (tertiary/aromatic N) is 4. The number of aromatic nitrogens is 4. The number of imidazole rings is 1. The smallest absolute Gasteiger partial charge is 0.252 e. The van der Waals surface area contributed by atoms with Gasteiger partial charge in [-0.15, -0.1) is 0 Å². The van der Waals surface area contributed by atoms with Crippen molar-refractivity contribution in [1.29, 1.82) is 0 Å². The lowest BCUT2D eigenvalue weighted by atomic mass is 10.1. The van der Waals surface area contributed by atoms with Crippen LogP contribution in [0.3, 0.4) is 0 Å². The summed E-state index contributed by atoms with van der Waals surface area (Å²) in [6, 6.07) is 0. The number of unbranched alkanes of at least 4 members (excludes halogenated alkanes) is 5. The maximum atomic E-state index is 12.4. The summed E-state index contributed by atoms with van der Waals surface area (Å²) in [5.41, 5.74) is 6.49. The van der Waals surface area contributed by atoms with Gasteiger partial charge in [0.05, 0.1) is 6.33 Å². The quantitative estimate of drug-likeness (QED) is 0.451. The van der Waals surface area contributed by atoms with Gasteiger partial charge < -0.3 is 26.0 Å². The Kier molecular flexibility index (Phi) is 6.76. The molecular formula is C18H28N6O4. The fourth-order valence-electron chi connectivity index (χ4n) is 3.38. The number of amides is 1. The van der Waals surface area contributed by atoms with Crippen molar-refractivity contribution >= 4 is 22.9 Å². The highest BCUT2D eigenvalue weighted by Gasteiger charge is 2.47. The summed E-state index contributed by atoms with van der Waals surface area (Å²) in [4.78, 5) is 24.5. The summed E-state index contributed by atoms with van der Waals surface area (Å²) in [5.74, 6) is -0.244. The number of hydrogen-bond acceptors (Lipinski definition) is 8. The van der Waals surface area contributed by atoms with E-state index in [1.807, 2.05) is 0 Å². The highest BCUT2D eigenvalue weighted by atomic mass is 16.6. The molecule has 1 aliphatic rings. The van der Waals surface area contributed by atoms with Gasteiger partial charge in [-0.1, -0.05) is 39.0 Å². The van der Waals surface area contributed by atoms with E-state index in [0.717, 1.165) is 19.3 Å². The Morgan fingerprint density at radius 2 is 1.93 bits per heavy atom. The van der Waals surface area contributed by atoms with Gasteiger partial charge in [-0.3, -0.25) is 9.36 Å². The molecule has 1 aliphatic heterocycles. The number of carbonyl (C=O) groups is 1. The highest BCUT2D eigenvalue weighted by Crippen LogP contribution is 2.32. The molecule has 10 heteroatoms. The lowest BCUT2D eigenvalue weighted by Gasteiger charge is -2.16. The van der Waals surface area contributed by atoms with Crippen LogP contribution in [0, 0.1) is 0 Å². The van der Waals surface area contributed by atoms with Crippen molar-refractivity contribution in [3.05, 3.63) is 12.7 Å². The predicted molar refractivity (Wildman–Crippen MR) is 102 cm³/mol. The first kappa shape index (κ1) is 20.4. The average Bonchev–Trinajstić information content (AvgIpc) is 3.24. The molecule has 3 heterocycles. The van der Waals surface area contributed by atoms with Crippen LogP contribution in [0.2, 0.25) is 0 Å². The molecule has 0 aromatic carbocycles. The number of carbonyl (C=O) groups excluding carboxylic acids is 1. The van der Waals surface area contributed by atoms with E-state index in [-0.39, 0.29) is 5.82 Å². The first-order chi connectivity index (χ1) is 13.5. The van der Waals surface area contributed by atoms with Gasteiger partial charge in [0.2, 0.25) is 0 Å². The first-order valence-electron chi connectivity index (χ1n) is 9.77. The van der Waals surface area contributed by atoms with E-state index in [0.29, 0.717) is 17.7 Å². The Morgan fingerprint density at radius 3 is 2.71 bits per heavy atom. The molecule has 1 fully saturated rings. The molecule has 4 atom stereocenters. The zero-order valence-corrected chi connectivity index (χ0v) is 16.0. The second-order valence-corrected chi connectivity index (χ2v) is 7.07. The van der Waals surface area contributed by atoms with Crippen molar-refractivity contribution in [1.82, 2.24) is 24.8 Å². The second kappa shape index (κ2) is 9.26. The predicted octanol–water partition coefficient (Wildman–Crippen LogP) is 0.504. The number of nitrogens with one attached hydrogen (secondary N) is 1. The molecule has 5 N–H and O–H groups in total. The summed E-state index contributed by atoms with van der Waals surface area (Å²) in [5, 5.41) is 23.5. The highest BCUT2D eigenvalue weighted by molar-refractivity contribution is 5.82. The average molecular weight is 392 g/mol. The number of anilines is 1. The monoisotopic (exact) mass is 392 g/mol. The molecule has 0 radical (unpaired) electrons. The van der Waals surface area contributed by atoms with Crippen molar-refractivity contribution in [2.24, 2.45) is 0 Å². The molecule has 1 saturated heterocycles. The Balaban J connectivity index is 1.57. The molecule has 2 aromatic rings. The molecule has 0 unspecified atom stereocenters. The molecule has 3 rings (SSSR count). The van der Waals surface area contributed by atoms with Crippen molar-refractivity contribution < 1.29 is 19.7 Å². The molecule has 0 saturated carbocycles. The van der Waals surface area contributed by atoms with Crippen LogP contribution in [0.1, 0.15) is 51.7 Å². The van der Waals surface area contributed by atoms with Crippen LogP contribution in [0.4, 0.5) is 5.82 Å². The summed E-state index contributed by atoms with van der Waals surface area (Å²) < 4.78 is 7.11. The SMILES string of the molecule is CCCCCCCCNC(=O)[C@@H]1O[C@@H](n2cnc3c(N)ncnc32)[C@@H](O)[C@H]1O. The Labute approximate surface area is 163 Å². The zero-order valence-electron chi connectivity index (χ0n) is 16.0. The largest absolute Gasteiger partial charge is 0.387 e. The van der Waals surface area contributed by atoms with E-state index in [2.05, 4.69) is 27.2 Å². The maximum absolute atomic E-state index is 12.4. The lowest BCUT2D eigenvalue weighted by molar-refractivity contribution is -0.137. The molecule has 10 nitrogen and oxygen atoms in total. The van der Waals surface area contributed by atoms with Crippen LogP contribution in [-0.4, -0.2) is 60.5 Å². The third-order valence-corrected chi connectivity index (χ3v) is 4.99. The van der Waals surface area contributed by atoms with E-state index in [4.69, 9.17) is 10.5 Å². The third-order valence-electron chi connectivity index (χ3n) is 4.99. The topological polar surface area (TPSA) is 148 Å². The van der Waals surface area contributed by atoms with Gasteiger partial charge >= 0.3 is 0 Å². The maximum Gasteiger partial charge on any atom is 0.252 e. The summed E-state index contributed by atoms with van der Waals surface area (Å²) in [6.07, 6.45) is 4.52. The first-order valence-corrected chi connectivity index (χ1v) is 9.77. The minimum atomic E-state index is -1.36. The number of fused-ring (bicyclic) bond motifs is 1. The number of rotatable bonds is 9. The molecule has 0 spiro atoms. The minimum Gasteiger partial charge on any atom is -0.387 e. The van der Waals surface area contributed by atoms with Crippen LogP contribution < -0.4 is 11.1 Å². The van der Waals surface area contributed by atoms with Gasteiger partial charge in [0.1, 0.15) is 24.1 Å². The molecule has 1 amide bonds. The van der Waals surface area contributed by atoms with Crippen LogP contribution in [0.15, 0.2) is 12.7 Å². The Hall–Kier alpha value is -2.30. The van der Waals surface area contributed by atoms with Crippen molar-refractivity contribution in [3.8, 4) is 0 Å². The second-order valence-electron chi connectivity index (χ2n) is 7.07. The van der Waals surface area contributed by atoms with Crippen molar-refractivity contribution in [2.45, 2.75) is 70.0 Å². The summed E-state index contributed by atoms with van der Waals surface area (Å²) >= 11 is 0. The molecular weight excluding hydrogens is 364 g/mol. The van der Waals surface area contributed by atoms with Crippen molar-refractivity contribution in [2.75, 3.05) is 12.3 Å². The summed E-state index contributed by atoms with van der Waals surface area (Å²) in [6.45, 7) is 2.68. The standard InChI is InChI=1S/C18H28N6O4/c1-2-3-4-5-6-7-8-20-17(27)14-12(25)13(26)18(28-14)24-10-23-11-15(19)21-9-22-16(11)24/h9-10,12-14,18,25-26H,2-8H2,1H3,(H,20,27)(H2,19,21,22)/t12-,13+,14-,18-/m1/s1. The van der Waals surface area contributed by atoms with Crippen molar-refractivity contribution in [3.63, 3.8) is 0 Å². The van der Waals surface area contributed by atoms with Gasteiger partial charge in [0, 0.05) is 6.54 Å². The Bertz CT molecular complexity index is 797. The van der Waals surface area contributed by atoms with Crippen LogP contribution in [0.5, 0.6) is 0 Å². The van der Waals surface area contributed by atoms with Crippen LogP contribution in [0.25, 0.3) is 11.2 Å². The Morgan fingerprint density at radius 1 is 1.18 bits per heavy atom. The number of nitrogens with two attached hydrogens (primary N) is 1. The lowest BCUT2D eigenvalue weighted by Crippen LogP contribution is -2.43. The number of ether oxygens (including phenoxy) is 1. The molecule has 28 heavy (non-hydrogen) atoms. The summed E-state index contributed by atoms with van der Waals surface area (Å²) in [7, 11) is 0. The third kappa shape index (κ3) is 4.23. The normalized spacial score (nSPS) is 24.7. The molecule has 0 aliphatic carbocycles. The van der Waals surface area contributed by atoms with E-state index in [1.165, 1.54) is 36.5 Å². The number of aliphatic hydroxyl groups excluding tert-OH is 2. The van der Waals surface area contributed by atoms with Gasteiger partial charge in [0.15, 0.2) is 23.8 Å². The van der Waals surface area contributed by atoms with Gasteiger partial charge in [0.25, 0.3) is 5.91 Å². The fourth-order valence-corrected chi connectivity index (χ4v) is 3.38. The van der Waals surface area contributed by atoms with Crippen LogP contribution >= 0.6 is 0 Å². The van der Waals surface area contributed by atoms with E-state index in [1.54, 1.807) is 0 Å². The fraction of sp³-hybridized carbons (Fsp3) is 0.667. The molecule has 0 bridgehead atoms. The van der Waals surface area contributed by atoms with Gasteiger partial charge in [-0.05, 0) is 6.42 Å². The van der Waals surface area contributed by atoms with Crippen LogP contribution in [-0.2, 0) is 9.53 Å². The molecule has 154 valence electrons. The van der Waals surface area contributed by atoms with Gasteiger partial charge in [-0.2, -0.15) is 0 Å². The van der Waals surface area contributed by atoms with E-state index < -0.39 is 30.4 Å². The number of aliphatic hydroxyl groups is 2. The number of hydrogen-bond donors (Lipinski definition) is 4. The minimum absolute atomic E-state index is 0.199. The number of nitrogen functional groups attached to an aromatic ring is 1. The van der Waals surface area contributed by atoms with Gasteiger partial charge in [-0.25, -0.2) is 15.0 Å². The molecule has 2 aromatic heterocycles.